The molecular formula is C14H17BrN2O2. The first-order chi connectivity index (χ1) is 9.24. The molecule has 0 saturated heterocycles. The van der Waals surface area contributed by atoms with Crippen molar-refractivity contribution in [2.75, 3.05) is 23.7 Å². The van der Waals surface area contributed by atoms with E-state index in [-0.39, 0.29) is 18.4 Å². The molecule has 1 N–H and O–H groups in total. The Morgan fingerprint density at radius 3 is 2.74 bits per heavy atom. The van der Waals surface area contributed by atoms with Gasteiger partial charge in [-0.15, -0.1) is 0 Å². The molecule has 0 fully saturated rings. The lowest BCUT2D eigenvalue weighted by Crippen LogP contribution is -2.38. The van der Waals surface area contributed by atoms with Gasteiger partial charge in [0.05, 0.1) is 12.1 Å². The van der Waals surface area contributed by atoms with Crippen LogP contribution >= 0.6 is 15.9 Å². The number of rotatable bonds is 5. The number of carbonyl (C=O) groups excluding carboxylic acids is 2. The number of nitrogens with zero attached hydrogens (tertiary/aromatic N) is 1. The third-order valence-electron chi connectivity index (χ3n) is 3.15. The fourth-order valence-corrected chi connectivity index (χ4v) is 2.51. The van der Waals surface area contributed by atoms with Crippen LogP contribution in [0.3, 0.4) is 0 Å². The number of carbonyl (C=O) groups is 2. The van der Waals surface area contributed by atoms with Crippen LogP contribution in [0.25, 0.3) is 0 Å². The van der Waals surface area contributed by atoms with Crippen molar-refractivity contribution in [1.82, 2.24) is 4.90 Å². The van der Waals surface area contributed by atoms with E-state index in [1.807, 2.05) is 18.2 Å². The van der Waals surface area contributed by atoms with Crippen LogP contribution in [0.1, 0.15) is 29.6 Å². The van der Waals surface area contributed by atoms with Gasteiger partial charge in [0.25, 0.3) is 5.91 Å². The number of imide groups is 1. The van der Waals surface area contributed by atoms with Crippen LogP contribution in [0.15, 0.2) is 24.3 Å². The van der Waals surface area contributed by atoms with Gasteiger partial charge in [-0.3, -0.25) is 14.5 Å². The molecule has 1 aromatic rings. The number of unbranched alkanes of at least 4 members (excludes halogenated alkanes) is 2. The molecule has 2 amide bonds. The van der Waals surface area contributed by atoms with E-state index >= 15 is 0 Å². The summed E-state index contributed by atoms with van der Waals surface area (Å²) in [4.78, 5) is 25.7. The number of amides is 2. The molecule has 1 heterocycles. The number of nitrogens with one attached hydrogen (secondary N) is 1. The highest BCUT2D eigenvalue weighted by atomic mass is 79.9. The molecule has 0 aliphatic carbocycles. The number of para-hydroxylation sites is 1. The van der Waals surface area contributed by atoms with Gasteiger partial charge in [0.1, 0.15) is 0 Å². The first kappa shape index (κ1) is 14.1. The van der Waals surface area contributed by atoms with Crippen molar-refractivity contribution in [3.63, 3.8) is 0 Å². The highest BCUT2D eigenvalue weighted by molar-refractivity contribution is 9.09. The zero-order valence-electron chi connectivity index (χ0n) is 10.7. The lowest BCUT2D eigenvalue weighted by atomic mass is 10.1. The highest BCUT2D eigenvalue weighted by Crippen LogP contribution is 2.20. The van der Waals surface area contributed by atoms with Crippen molar-refractivity contribution < 1.29 is 9.59 Å². The van der Waals surface area contributed by atoms with Crippen molar-refractivity contribution in [3.05, 3.63) is 29.8 Å². The zero-order valence-corrected chi connectivity index (χ0v) is 12.3. The van der Waals surface area contributed by atoms with E-state index in [1.165, 1.54) is 4.90 Å². The highest BCUT2D eigenvalue weighted by Gasteiger charge is 2.27. The standard InChI is InChI=1S/C14H17BrN2O2/c15-8-4-1-5-9-17-13(18)10-16-12-7-3-2-6-11(12)14(17)19/h2-3,6-7,16H,1,4-5,8-10H2. The second kappa shape index (κ2) is 6.70. The third kappa shape index (κ3) is 3.35. The van der Waals surface area contributed by atoms with Crippen LogP contribution < -0.4 is 5.32 Å². The van der Waals surface area contributed by atoms with Gasteiger partial charge in [0.15, 0.2) is 0 Å². The minimum Gasteiger partial charge on any atom is -0.375 e. The predicted octanol–water partition coefficient (Wildman–Crippen LogP) is 2.65. The van der Waals surface area contributed by atoms with Crippen molar-refractivity contribution in [3.8, 4) is 0 Å². The van der Waals surface area contributed by atoms with Crippen molar-refractivity contribution in [1.29, 1.82) is 0 Å². The number of benzene rings is 1. The van der Waals surface area contributed by atoms with Gasteiger partial charge in [-0.05, 0) is 25.0 Å². The monoisotopic (exact) mass is 324 g/mol. The van der Waals surface area contributed by atoms with E-state index < -0.39 is 0 Å². The molecule has 0 spiro atoms. The van der Waals surface area contributed by atoms with Crippen LogP contribution in [0.5, 0.6) is 0 Å². The molecule has 0 radical (unpaired) electrons. The van der Waals surface area contributed by atoms with Crippen molar-refractivity contribution >= 4 is 33.4 Å². The van der Waals surface area contributed by atoms with Gasteiger partial charge in [0, 0.05) is 17.6 Å². The maximum atomic E-state index is 12.4. The number of fused-ring (bicyclic) bond motifs is 1. The molecule has 102 valence electrons. The largest absolute Gasteiger partial charge is 0.375 e. The van der Waals surface area contributed by atoms with Crippen LogP contribution in [-0.4, -0.2) is 35.1 Å². The quantitative estimate of drug-likeness (QED) is 0.514. The fraction of sp³-hybridized carbons (Fsp3) is 0.429. The Bertz CT molecular complexity index is 476. The first-order valence-electron chi connectivity index (χ1n) is 6.47. The molecule has 5 heteroatoms. The summed E-state index contributed by atoms with van der Waals surface area (Å²) in [6.45, 7) is 0.682. The SMILES string of the molecule is O=C1CNc2ccccc2C(=O)N1CCCCCBr. The molecule has 0 atom stereocenters. The van der Waals surface area contributed by atoms with Crippen LogP contribution in [0.4, 0.5) is 5.69 Å². The molecule has 0 bridgehead atoms. The maximum absolute atomic E-state index is 12.4. The molecule has 0 saturated carbocycles. The van der Waals surface area contributed by atoms with Crippen molar-refractivity contribution in [2.24, 2.45) is 0 Å². The van der Waals surface area contributed by atoms with Gasteiger partial charge in [0.2, 0.25) is 5.91 Å². The molecule has 4 nitrogen and oxygen atoms in total. The van der Waals surface area contributed by atoms with Gasteiger partial charge in [-0.2, -0.15) is 0 Å². The van der Waals surface area contributed by atoms with E-state index in [2.05, 4.69) is 21.2 Å². The normalized spacial score (nSPS) is 14.9. The Morgan fingerprint density at radius 2 is 1.95 bits per heavy atom. The average Bonchev–Trinajstić information content (AvgIpc) is 2.55. The molecular weight excluding hydrogens is 308 g/mol. The minimum absolute atomic E-state index is 0.153. The van der Waals surface area contributed by atoms with Crippen LogP contribution in [0.2, 0.25) is 0 Å². The Balaban J connectivity index is 2.10. The second-order valence-corrected chi connectivity index (χ2v) is 5.29. The first-order valence-corrected chi connectivity index (χ1v) is 7.59. The van der Waals surface area contributed by atoms with E-state index in [1.54, 1.807) is 6.07 Å². The Kier molecular flexibility index (Phi) is 4.96. The molecule has 19 heavy (non-hydrogen) atoms. The van der Waals surface area contributed by atoms with E-state index in [4.69, 9.17) is 0 Å². The number of hydrogen-bond donors (Lipinski definition) is 1. The third-order valence-corrected chi connectivity index (χ3v) is 3.71. The van der Waals surface area contributed by atoms with Crippen LogP contribution in [0, 0.1) is 0 Å². The Hall–Kier alpha value is -1.36. The van der Waals surface area contributed by atoms with Gasteiger partial charge in [-0.25, -0.2) is 0 Å². The summed E-state index contributed by atoms with van der Waals surface area (Å²) in [6, 6.07) is 7.26. The lowest BCUT2D eigenvalue weighted by Gasteiger charge is -2.18. The summed E-state index contributed by atoms with van der Waals surface area (Å²) in [7, 11) is 0. The molecule has 1 aliphatic rings. The Labute approximate surface area is 121 Å². The van der Waals surface area contributed by atoms with E-state index in [9.17, 15) is 9.59 Å². The summed E-state index contributed by atoms with van der Waals surface area (Å²) in [6.07, 6.45) is 2.92. The van der Waals surface area contributed by atoms with Crippen LogP contribution in [-0.2, 0) is 4.79 Å². The number of hydrogen-bond acceptors (Lipinski definition) is 3. The molecule has 0 unspecified atom stereocenters. The lowest BCUT2D eigenvalue weighted by molar-refractivity contribution is -0.126. The summed E-state index contributed by atoms with van der Waals surface area (Å²) < 4.78 is 0. The smallest absolute Gasteiger partial charge is 0.262 e. The van der Waals surface area contributed by atoms with E-state index in [0.29, 0.717) is 12.1 Å². The predicted molar refractivity (Wildman–Crippen MR) is 78.6 cm³/mol. The fourth-order valence-electron chi connectivity index (χ4n) is 2.12. The summed E-state index contributed by atoms with van der Waals surface area (Å²) in [5.74, 6) is -0.343. The average molecular weight is 325 g/mol. The summed E-state index contributed by atoms with van der Waals surface area (Å²) >= 11 is 3.38. The summed E-state index contributed by atoms with van der Waals surface area (Å²) in [5.41, 5.74) is 1.32. The number of halogens is 1. The molecule has 0 aromatic heterocycles. The topological polar surface area (TPSA) is 49.4 Å². The summed E-state index contributed by atoms with van der Waals surface area (Å²) in [5, 5.41) is 3.97. The van der Waals surface area contributed by atoms with Gasteiger partial charge < -0.3 is 5.32 Å². The molecule has 2 rings (SSSR count). The number of anilines is 1. The van der Waals surface area contributed by atoms with Gasteiger partial charge in [-0.1, -0.05) is 34.5 Å². The Morgan fingerprint density at radius 1 is 1.16 bits per heavy atom. The number of alkyl halides is 1. The second-order valence-electron chi connectivity index (χ2n) is 4.50. The van der Waals surface area contributed by atoms with Crippen molar-refractivity contribution in [2.45, 2.75) is 19.3 Å². The maximum Gasteiger partial charge on any atom is 0.262 e. The van der Waals surface area contributed by atoms with E-state index in [0.717, 1.165) is 30.3 Å². The zero-order chi connectivity index (χ0) is 13.7. The minimum atomic E-state index is -0.190. The molecule has 1 aliphatic heterocycles. The molecule has 1 aromatic carbocycles. The van der Waals surface area contributed by atoms with Gasteiger partial charge >= 0.3 is 0 Å².